The molecule has 0 radical (unpaired) electrons. The number of methoxy groups -OCH3 is 1. The first-order chi connectivity index (χ1) is 15.8. The Balaban J connectivity index is 1.34. The monoisotopic (exact) mass is 471 g/mol. The summed E-state index contributed by atoms with van der Waals surface area (Å²) in [6.07, 6.45) is 4.62. The fraction of sp³-hybridized carbons (Fsp3) is 0.391. The number of aromatic amines is 1. The number of amides is 1. The molecule has 0 bridgehead atoms. The van der Waals surface area contributed by atoms with Crippen LogP contribution in [0.3, 0.4) is 0 Å². The highest BCUT2D eigenvalue weighted by Gasteiger charge is 2.24. The molecule has 0 spiro atoms. The summed E-state index contributed by atoms with van der Waals surface area (Å²) in [4.78, 5) is 22.5. The minimum atomic E-state index is -3.36. The SMILES string of the molecule is COCc1cccnc1CNC1CCN(C(=O)c2cc3cc(NS(C)(=O)=O)ccc3[nH]2)CC1. The predicted molar refractivity (Wildman–Crippen MR) is 127 cm³/mol. The number of likely N-dealkylation sites (tertiary alicyclic amines) is 1. The first-order valence-corrected chi connectivity index (χ1v) is 12.8. The second kappa shape index (κ2) is 9.90. The number of nitrogens with zero attached hydrogens (tertiary/aromatic N) is 2. The van der Waals surface area contributed by atoms with E-state index in [-0.39, 0.29) is 5.91 Å². The van der Waals surface area contributed by atoms with Crippen molar-refractivity contribution in [2.75, 3.05) is 31.2 Å². The first-order valence-electron chi connectivity index (χ1n) is 10.9. The van der Waals surface area contributed by atoms with Gasteiger partial charge < -0.3 is 19.9 Å². The van der Waals surface area contributed by atoms with Gasteiger partial charge in [0.2, 0.25) is 10.0 Å². The number of carbonyl (C=O) groups excluding carboxylic acids is 1. The number of piperidine rings is 1. The number of hydrogen-bond donors (Lipinski definition) is 3. The van der Waals surface area contributed by atoms with Crippen LogP contribution in [-0.4, -0.2) is 61.7 Å². The van der Waals surface area contributed by atoms with E-state index in [1.165, 1.54) is 0 Å². The molecule has 1 amide bonds. The minimum Gasteiger partial charge on any atom is -0.380 e. The highest BCUT2D eigenvalue weighted by atomic mass is 32.2. The highest BCUT2D eigenvalue weighted by molar-refractivity contribution is 7.92. The molecular formula is C23H29N5O4S. The molecular weight excluding hydrogens is 442 g/mol. The number of nitrogens with one attached hydrogen (secondary N) is 3. The van der Waals surface area contributed by atoms with Crippen LogP contribution in [-0.2, 0) is 27.9 Å². The maximum Gasteiger partial charge on any atom is 0.270 e. The number of anilines is 1. The van der Waals surface area contributed by atoms with Crippen LogP contribution in [0.5, 0.6) is 0 Å². The molecule has 1 aliphatic rings. The van der Waals surface area contributed by atoms with Crippen LogP contribution in [0.15, 0.2) is 42.6 Å². The molecule has 9 nitrogen and oxygen atoms in total. The molecule has 3 N–H and O–H groups in total. The zero-order valence-corrected chi connectivity index (χ0v) is 19.6. The van der Waals surface area contributed by atoms with Crippen molar-refractivity contribution in [3.63, 3.8) is 0 Å². The van der Waals surface area contributed by atoms with Crippen molar-refractivity contribution < 1.29 is 17.9 Å². The molecule has 0 atom stereocenters. The van der Waals surface area contributed by atoms with Crippen LogP contribution < -0.4 is 10.0 Å². The van der Waals surface area contributed by atoms with Crippen LogP contribution in [0.4, 0.5) is 5.69 Å². The van der Waals surface area contributed by atoms with E-state index < -0.39 is 10.0 Å². The lowest BCUT2D eigenvalue weighted by Crippen LogP contribution is -2.45. The van der Waals surface area contributed by atoms with Crippen molar-refractivity contribution in [2.24, 2.45) is 0 Å². The number of H-pyrrole nitrogens is 1. The van der Waals surface area contributed by atoms with E-state index >= 15 is 0 Å². The fourth-order valence-corrected chi connectivity index (χ4v) is 4.70. The molecule has 0 saturated carbocycles. The number of ether oxygens (including phenoxy) is 1. The van der Waals surface area contributed by atoms with E-state index in [4.69, 9.17) is 4.74 Å². The van der Waals surface area contributed by atoms with Crippen molar-refractivity contribution in [1.29, 1.82) is 0 Å². The maximum atomic E-state index is 13.0. The van der Waals surface area contributed by atoms with Crippen molar-refractivity contribution >= 4 is 32.5 Å². The van der Waals surface area contributed by atoms with Gasteiger partial charge in [-0.15, -0.1) is 0 Å². The van der Waals surface area contributed by atoms with E-state index in [2.05, 4.69) is 20.0 Å². The van der Waals surface area contributed by atoms with Crippen molar-refractivity contribution in [2.45, 2.75) is 32.0 Å². The molecule has 1 saturated heterocycles. The summed E-state index contributed by atoms with van der Waals surface area (Å²) >= 11 is 0. The number of rotatable bonds is 8. The molecule has 1 aliphatic heterocycles. The number of fused-ring (bicyclic) bond motifs is 1. The van der Waals surface area contributed by atoms with Gasteiger partial charge >= 0.3 is 0 Å². The molecule has 1 fully saturated rings. The van der Waals surface area contributed by atoms with Gasteiger partial charge in [0.25, 0.3) is 5.91 Å². The lowest BCUT2D eigenvalue weighted by atomic mass is 10.0. The molecule has 0 unspecified atom stereocenters. The zero-order chi connectivity index (χ0) is 23.4. The summed E-state index contributed by atoms with van der Waals surface area (Å²) in [5.41, 5.74) is 3.83. The van der Waals surface area contributed by atoms with E-state index in [0.29, 0.717) is 43.7 Å². The van der Waals surface area contributed by atoms with E-state index in [1.54, 1.807) is 37.6 Å². The number of benzene rings is 1. The predicted octanol–water partition coefficient (Wildman–Crippen LogP) is 2.48. The molecule has 3 aromatic rings. The van der Waals surface area contributed by atoms with Gasteiger partial charge in [0.05, 0.1) is 18.6 Å². The quantitative estimate of drug-likeness (QED) is 0.465. The number of carbonyl (C=O) groups is 1. The smallest absolute Gasteiger partial charge is 0.270 e. The Labute approximate surface area is 193 Å². The van der Waals surface area contributed by atoms with Crippen LogP contribution in [0.2, 0.25) is 0 Å². The normalized spacial score (nSPS) is 15.2. The second-order valence-electron chi connectivity index (χ2n) is 8.35. The molecule has 2 aromatic heterocycles. The number of sulfonamides is 1. The number of pyridine rings is 1. The summed E-state index contributed by atoms with van der Waals surface area (Å²) in [7, 11) is -1.68. The molecule has 4 rings (SSSR count). The van der Waals surface area contributed by atoms with E-state index in [1.807, 2.05) is 17.0 Å². The van der Waals surface area contributed by atoms with Crippen molar-refractivity contribution in [3.05, 3.63) is 59.5 Å². The third-order valence-corrected chi connectivity index (χ3v) is 6.39. The van der Waals surface area contributed by atoms with Gasteiger partial charge in [0, 0.05) is 61.1 Å². The second-order valence-corrected chi connectivity index (χ2v) is 10.1. The number of hydrogen-bond acceptors (Lipinski definition) is 6. The summed E-state index contributed by atoms with van der Waals surface area (Å²) in [6, 6.07) is 11.2. The maximum absolute atomic E-state index is 13.0. The van der Waals surface area contributed by atoms with Crippen LogP contribution in [0.25, 0.3) is 10.9 Å². The van der Waals surface area contributed by atoms with Gasteiger partial charge in [0.1, 0.15) is 5.69 Å². The average molecular weight is 472 g/mol. The van der Waals surface area contributed by atoms with Gasteiger partial charge in [-0.1, -0.05) is 6.07 Å². The lowest BCUT2D eigenvalue weighted by Gasteiger charge is -2.32. The molecule has 10 heteroatoms. The Morgan fingerprint density at radius 1 is 1.24 bits per heavy atom. The fourth-order valence-electron chi connectivity index (χ4n) is 4.14. The van der Waals surface area contributed by atoms with Crippen LogP contribution >= 0.6 is 0 Å². The van der Waals surface area contributed by atoms with Crippen molar-refractivity contribution in [3.8, 4) is 0 Å². The Bertz CT molecular complexity index is 1230. The van der Waals surface area contributed by atoms with Crippen molar-refractivity contribution in [1.82, 2.24) is 20.2 Å². The van der Waals surface area contributed by atoms with E-state index in [0.717, 1.165) is 41.3 Å². The van der Waals surface area contributed by atoms with Gasteiger partial charge in [-0.25, -0.2) is 8.42 Å². The molecule has 33 heavy (non-hydrogen) atoms. The average Bonchev–Trinajstić information content (AvgIpc) is 3.21. The van der Waals surface area contributed by atoms with Gasteiger partial charge in [-0.2, -0.15) is 0 Å². The summed E-state index contributed by atoms with van der Waals surface area (Å²) in [5.74, 6) is -0.0469. The largest absolute Gasteiger partial charge is 0.380 e. The Kier molecular flexibility index (Phi) is 6.96. The molecule has 1 aromatic carbocycles. The first kappa shape index (κ1) is 23.2. The van der Waals surface area contributed by atoms with Crippen LogP contribution in [0, 0.1) is 0 Å². The minimum absolute atomic E-state index is 0.0469. The Morgan fingerprint density at radius 3 is 2.76 bits per heavy atom. The number of aromatic nitrogens is 2. The van der Waals surface area contributed by atoms with Gasteiger partial charge in [-0.3, -0.25) is 14.5 Å². The molecule has 176 valence electrons. The Morgan fingerprint density at radius 2 is 2.03 bits per heavy atom. The van der Waals surface area contributed by atoms with Crippen LogP contribution in [0.1, 0.15) is 34.6 Å². The molecule has 3 heterocycles. The van der Waals surface area contributed by atoms with Gasteiger partial charge in [-0.05, 0) is 43.2 Å². The Hall–Kier alpha value is -2.95. The summed E-state index contributed by atoms with van der Waals surface area (Å²) in [5, 5.41) is 4.35. The lowest BCUT2D eigenvalue weighted by molar-refractivity contribution is 0.0699. The zero-order valence-electron chi connectivity index (χ0n) is 18.8. The van der Waals surface area contributed by atoms with E-state index in [9.17, 15) is 13.2 Å². The third kappa shape index (κ3) is 5.89. The summed E-state index contributed by atoms with van der Waals surface area (Å²) < 4.78 is 30.6. The third-order valence-electron chi connectivity index (χ3n) is 5.78. The molecule has 0 aliphatic carbocycles. The standard InChI is InChI=1S/C23H29N5O4S/c1-32-15-16-4-3-9-24-22(16)14-25-18-7-10-28(11-8-18)23(29)21-13-17-12-19(27-33(2,30)31)5-6-20(17)26-21/h3-6,9,12-13,18,25-27H,7-8,10-11,14-15H2,1-2H3. The topological polar surface area (TPSA) is 116 Å². The summed E-state index contributed by atoms with van der Waals surface area (Å²) in [6.45, 7) is 2.54. The highest BCUT2D eigenvalue weighted by Crippen LogP contribution is 2.23. The van der Waals surface area contributed by atoms with Gasteiger partial charge in [0.15, 0.2) is 0 Å².